The first-order valence-electron chi connectivity index (χ1n) is 7.70. The second kappa shape index (κ2) is 7.50. The number of nitro groups is 1. The molecule has 4 nitrogen and oxygen atoms in total. The third-order valence-corrected chi connectivity index (χ3v) is 4.42. The zero-order valence-corrected chi connectivity index (χ0v) is 12.5. The van der Waals surface area contributed by atoms with Crippen molar-refractivity contribution in [2.24, 2.45) is 11.8 Å². The molecule has 0 atom stereocenters. The molecule has 0 aliphatic heterocycles. The monoisotopic (exact) mass is 294 g/mol. The van der Waals surface area contributed by atoms with Gasteiger partial charge in [0.1, 0.15) is 5.82 Å². The van der Waals surface area contributed by atoms with Gasteiger partial charge in [0, 0.05) is 18.2 Å². The molecule has 1 N–H and O–H groups in total. The summed E-state index contributed by atoms with van der Waals surface area (Å²) in [4.78, 5) is 10.4. The average molecular weight is 294 g/mol. The zero-order valence-electron chi connectivity index (χ0n) is 12.5. The van der Waals surface area contributed by atoms with Gasteiger partial charge in [-0.25, -0.2) is 4.39 Å². The molecule has 0 aromatic heterocycles. The molecule has 1 saturated carbocycles. The van der Waals surface area contributed by atoms with Crippen molar-refractivity contribution in [3.8, 4) is 0 Å². The Bertz CT molecular complexity index is 485. The van der Waals surface area contributed by atoms with E-state index in [-0.39, 0.29) is 5.69 Å². The van der Waals surface area contributed by atoms with Crippen LogP contribution in [0.25, 0.3) is 0 Å². The van der Waals surface area contributed by atoms with E-state index in [1.165, 1.54) is 37.8 Å². The van der Waals surface area contributed by atoms with Crippen LogP contribution in [0.3, 0.4) is 0 Å². The SMILES string of the molecule is CC1CCC(CCNCc2cc(F)ccc2[N+](=O)[O-])CC1. The first kappa shape index (κ1) is 15.9. The molecule has 0 spiro atoms. The Kier molecular flexibility index (Phi) is 5.67. The fourth-order valence-corrected chi connectivity index (χ4v) is 3.02. The molecule has 1 aliphatic carbocycles. The first-order valence-corrected chi connectivity index (χ1v) is 7.70. The minimum absolute atomic E-state index is 0.0182. The van der Waals surface area contributed by atoms with Gasteiger partial charge in [-0.15, -0.1) is 0 Å². The van der Waals surface area contributed by atoms with Gasteiger partial charge in [0.25, 0.3) is 5.69 Å². The van der Waals surface area contributed by atoms with Gasteiger partial charge >= 0.3 is 0 Å². The number of hydrogen-bond acceptors (Lipinski definition) is 3. The van der Waals surface area contributed by atoms with E-state index in [1.54, 1.807) is 0 Å². The standard InChI is InChI=1S/C16H23FN2O2/c1-12-2-4-13(5-3-12)8-9-18-11-14-10-15(17)6-7-16(14)19(20)21/h6-7,10,12-13,18H,2-5,8-9,11H2,1H3. The van der Waals surface area contributed by atoms with Crippen LogP contribution in [0.4, 0.5) is 10.1 Å². The second-order valence-corrected chi connectivity index (χ2v) is 6.12. The fraction of sp³-hybridized carbons (Fsp3) is 0.625. The van der Waals surface area contributed by atoms with E-state index in [0.717, 1.165) is 30.9 Å². The number of nitrogens with one attached hydrogen (secondary N) is 1. The van der Waals surface area contributed by atoms with Crippen LogP contribution in [0, 0.1) is 27.8 Å². The van der Waals surface area contributed by atoms with Crippen molar-refractivity contribution in [3.05, 3.63) is 39.7 Å². The molecule has 116 valence electrons. The Hall–Kier alpha value is -1.49. The highest BCUT2D eigenvalue weighted by molar-refractivity contribution is 5.40. The van der Waals surface area contributed by atoms with Crippen LogP contribution in [0.2, 0.25) is 0 Å². The molecule has 0 unspecified atom stereocenters. The van der Waals surface area contributed by atoms with Gasteiger partial charge in [-0.3, -0.25) is 10.1 Å². The molecule has 5 heteroatoms. The number of nitrogens with zero attached hydrogens (tertiary/aromatic N) is 1. The summed E-state index contributed by atoms with van der Waals surface area (Å²) < 4.78 is 13.2. The van der Waals surface area contributed by atoms with Gasteiger partial charge in [-0.1, -0.05) is 32.6 Å². The highest BCUT2D eigenvalue weighted by atomic mass is 19.1. The molecule has 1 fully saturated rings. The molecule has 1 aromatic rings. The minimum atomic E-state index is -0.459. The highest BCUT2D eigenvalue weighted by Crippen LogP contribution is 2.30. The maximum atomic E-state index is 13.2. The maximum absolute atomic E-state index is 13.2. The average Bonchev–Trinajstić information content (AvgIpc) is 2.45. The van der Waals surface area contributed by atoms with E-state index >= 15 is 0 Å². The lowest BCUT2D eigenvalue weighted by Gasteiger charge is -2.26. The zero-order chi connectivity index (χ0) is 15.2. The number of halogens is 1. The predicted molar refractivity (Wildman–Crippen MR) is 80.5 cm³/mol. The van der Waals surface area contributed by atoms with Crippen molar-refractivity contribution in [2.75, 3.05) is 6.54 Å². The largest absolute Gasteiger partial charge is 0.312 e. The summed E-state index contributed by atoms with van der Waals surface area (Å²) in [5.74, 6) is 1.18. The Morgan fingerprint density at radius 1 is 1.33 bits per heavy atom. The van der Waals surface area contributed by atoms with E-state index in [2.05, 4.69) is 12.2 Å². The molecule has 0 bridgehead atoms. The lowest BCUT2D eigenvalue weighted by atomic mass is 9.81. The lowest BCUT2D eigenvalue weighted by Crippen LogP contribution is -2.21. The highest BCUT2D eigenvalue weighted by Gasteiger charge is 2.18. The normalized spacial score (nSPS) is 22.2. The van der Waals surface area contributed by atoms with Gasteiger partial charge in [-0.2, -0.15) is 0 Å². The molecular formula is C16H23FN2O2. The van der Waals surface area contributed by atoms with Crippen LogP contribution in [0.5, 0.6) is 0 Å². The van der Waals surface area contributed by atoms with Crippen LogP contribution in [-0.2, 0) is 6.54 Å². The summed E-state index contributed by atoms with van der Waals surface area (Å²) in [6.07, 6.45) is 6.27. The van der Waals surface area contributed by atoms with Crippen molar-refractivity contribution in [1.29, 1.82) is 0 Å². The fourth-order valence-electron chi connectivity index (χ4n) is 3.02. The van der Waals surface area contributed by atoms with Crippen LogP contribution < -0.4 is 5.32 Å². The maximum Gasteiger partial charge on any atom is 0.274 e. The predicted octanol–water partition coefficient (Wildman–Crippen LogP) is 4.04. The quantitative estimate of drug-likeness (QED) is 0.489. The molecule has 0 saturated heterocycles. The second-order valence-electron chi connectivity index (χ2n) is 6.12. The van der Waals surface area contributed by atoms with E-state index in [1.807, 2.05) is 0 Å². The summed E-state index contributed by atoms with van der Waals surface area (Å²) in [6, 6.07) is 3.60. The smallest absolute Gasteiger partial charge is 0.274 e. The molecule has 21 heavy (non-hydrogen) atoms. The summed E-state index contributed by atoms with van der Waals surface area (Å²) in [5.41, 5.74) is 0.396. The van der Waals surface area contributed by atoms with Crippen molar-refractivity contribution >= 4 is 5.69 Å². The van der Waals surface area contributed by atoms with Crippen LogP contribution in [0.1, 0.15) is 44.6 Å². The Morgan fingerprint density at radius 3 is 2.71 bits per heavy atom. The molecular weight excluding hydrogens is 271 g/mol. The number of benzene rings is 1. The number of hydrogen-bond donors (Lipinski definition) is 1. The molecule has 0 amide bonds. The minimum Gasteiger partial charge on any atom is -0.312 e. The van der Waals surface area contributed by atoms with Crippen molar-refractivity contribution in [1.82, 2.24) is 5.32 Å². The first-order chi connectivity index (χ1) is 10.1. The summed E-state index contributed by atoms with van der Waals surface area (Å²) in [7, 11) is 0. The van der Waals surface area contributed by atoms with Crippen LogP contribution >= 0.6 is 0 Å². The Labute approximate surface area is 124 Å². The van der Waals surface area contributed by atoms with Gasteiger partial charge < -0.3 is 5.32 Å². The summed E-state index contributed by atoms with van der Waals surface area (Å²) in [6.45, 7) is 3.47. The Balaban J connectivity index is 1.78. The summed E-state index contributed by atoms with van der Waals surface area (Å²) >= 11 is 0. The number of nitro benzene ring substituents is 1. The Morgan fingerprint density at radius 2 is 2.05 bits per heavy atom. The lowest BCUT2D eigenvalue weighted by molar-refractivity contribution is -0.385. The van der Waals surface area contributed by atoms with Crippen molar-refractivity contribution in [2.45, 2.75) is 45.6 Å². The third kappa shape index (κ3) is 4.77. The van der Waals surface area contributed by atoms with Gasteiger partial charge in [0.05, 0.1) is 4.92 Å². The van der Waals surface area contributed by atoms with Crippen LogP contribution in [-0.4, -0.2) is 11.5 Å². The van der Waals surface area contributed by atoms with Crippen molar-refractivity contribution < 1.29 is 9.31 Å². The van der Waals surface area contributed by atoms with Gasteiger partial charge in [0.2, 0.25) is 0 Å². The van der Waals surface area contributed by atoms with E-state index in [0.29, 0.717) is 12.1 Å². The van der Waals surface area contributed by atoms with Gasteiger partial charge in [0.15, 0.2) is 0 Å². The van der Waals surface area contributed by atoms with E-state index in [4.69, 9.17) is 0 Å². The molecule has 1 aromatic carbocycles. The topological polar surface area (TPSA) is 55.2 Å². The molecule has 1 aliphatic rings. The van der Waals surface area contributed by atoms with Gasteiger partial charge in [-0.05, 0) is 36.9 Å². The van der Waals surface area contributed by atoms with E-state index in [9.17, 15) is 14.5 Å². The van der Waals surface area contributed by atoms with Crippen LogP contribution in [0.15, 0.2) is 18.2 Å². The van der Waals surface area contributed by atoms with Crippen molar-refractivity contribution in [3.63, 3.8) is 0 Å². The molecule has 2 rings (SSSR count). The molecule has 0 heterocycles. The summed E-state index contributed by atoms with van der Waals surface area (Å²) in [5, 5.41) is 14.1. The number of rotatable bonds is 6. The van der Waals surface area contributed by atoms with E-state index < -0.39 is 10.7 Å². The third-order valence-electron chi connectivity index (χ3n) is 4.42. The molecule has 0 radical (unpaired) electrons.